The van der Waals surface area contributed by atoms with Gasteiger partial charge < -0.3 is 24.8 Å². The maximum atomic E-state index is 12.5. The molecule has 1 aromatic rings. The van der Waals surface area contributed by atoms with E-state index in [0.717, 1.165) is 6.42 Å². The van der Waals surface area contributed by atoms with Gasteiger partial charge in [-0.3, -0.25) is 0 Å². The lowest BCUT2D eigenvalue weighted by Gasteiger charge is -2.28. The molecule has 0 unspecified atom stereocenters. The number of nitrogens with one attached hydrogen (secondary N) is 2. The number of hydrogen-bond acceptors (Lipinski definition) is 5. The Morgan fingerprint density at radius 3 is 2.71 bits per heavy atom. The van der Waals surface area contributed by atoms with E-state index in [1.165, 1.54) is 6.08 Å². The molecule has 0 aliphatic carbocycles. The molecule has 0 saturated carbocycles. The zero-order valence-electron chi connectivity index (χ0n) is 16.8. The average Bonchev–Trinajstić information content (AvgIpc) is 2.65. The van der Waals surface area contributed by atoms with Gasteiger partial charge in [0.05, 0.1) is 25.3 Å². The number of esters is 1. The van der Waals surface area contributed by atoms with Crippen molar-refractivity contribution in [3.63, 3.8) is 0 Å². The molecule has 0 spiro atoms. The van der Waals surface area contributed by atoms with Crippen molar-refractivity contribution >= 4 is 12.0 Å². The Morgan fingerprint density at radius 2 is 2.07 bits per heavy atom. The number of ether oxygens (including phenoxy) is 3. The van der Waals surface area contributed by atoms with Gasteiger partial charge in [-0.15, -0.1) is 0 Å². The largest absolute Gasteiger partial charge is 0.493 e. The highest BCUT2D eigenvalue weighted by Crippen LogP contribution is 2.34. The van der Waals surface area contributed by atoms with E-state index in [1.807, 2.05) is 0 Å². The summed E-state index contributed by atoms with van der Waals surface area (Å²) >= 11 is 0. The van der Waals surface area contributed by atoms with Crippen molar-refractivity contribution in [3.8, 4) is 11.5 Å². The predicted molar refractivity (Wildman–Crippen MR) is 106 cm³/mol. The highest BCUT2D eigenvalue weighted by atomic mass is 16.5. The lowest BCUT2D eigenvalue weighted by molar-refractivity contribution is -0.138. The zero-order chi connectivity index (χ0) is 20.7. The molecule has 0 fully saturated rings. The first-order valence-corrected chi connectivity index (χ1v) is 9.24. The molecule has 2 amide bonds. The topological polar surface area (TPSA) is 85.9 Å². The molecule has 28 heavy (non-hydrogen) atoms. The van der Waals surface area contributed by atoms with Crippen molar-refractivity contribution in [2.24, 2.45) is 5.92 Å². The third-order valence-electron chi connectivity index (χ3n) is 4.30. The second-order valence-electron chi connectivity index (χ2n) is 6.90. The van der Waals surface area contributed by atoms with Crippen LogP contribution in [-0.2, 0) is 9.53 Å². The number of benzene rings is 1. The fourth-order valence-corrected chi connectivity index (χ4v) is 2.81. The minimum atomic E-state index is -0.662. The number of rotatable bonds is 9. The molecule has 1 aliphatic rings. The van der Waals surface area contributed by atoms with Gasteiger partial charge in [0.1, 0.15) is 6.61 Å². The molecule has 0 radical (unpaired) electrons. The summed E-state index contributed by atoms with van der Waals surface area (Å²) in [6, 6.07) is 4.29. The Bertz CT molecular complexity index is 770. The van der Waals surface area contributed by atoms with Crippen molar-refractivity contribution in [2.75, 3.05) is 20.3 Å². The fourth-order valence-electron chi connectivity index (χ4n) is 2.81. The first-order valence-electron chi connectivity index (χ1n) is 9.24. The van der Waals surface area contributed by atoms with Crippen LogP contribution in [0.25, 0.3) is 0 Å². The van der Waals surface area contributed by atoms with Gasteiger partial charge in [-0.05, 0) is 37.0 Å². The van der Waals surface area contributed by atoms with Gasteiger partial charge in [0.15, 0.2) is 11.5 Å². The van der Waals surface area contributed by atoms with E-state index in [4.69, 9.17) is 14.2 Å². The first-order chi connectivity index (χ1) is 13.4. The Hall–Kier alpha value is -2.96. The fraction of sp³-hybridized carbons (Fsp3) is 0.429. The standard InChI is InChI=1S/C21H28N2O5/c1-6-10-28-20(24)18-14(4)22-21(25)23-19(18)15-7-8-16(17(12-15)26-5)27-11-9-13(2)3/h6-8,12-13,19H,1,9-11H2,2-5H3,(H2,22,23,25)/t19-/m1/s1. The first kappa shape index (κ1) is 21.3. The molecule has 2 rings (SSSR count). The number of urea groups is 1. The second-order valence-corrected chi connectivity index (χ2v) is 6.90. The molecular formula is C21H28N2O5. The SMILES string of the molecule is C=CCOC(=O)C1=C(C)NC(=O)N[C@@H]1c1ccc(OCCC(C)C)c(OC)c1. The third kappa shape index (κ3) is 5.28. The molecule has 0 aromatic heterocycles. The maximum absolute atomic E-state index is 12.5. The van der Waals surface area contributed by atoms with Gasteiger partial charge in [0.25, 0.3) is 0 Å². The summed E-state index contributed by atoms with van der Waals surface area (Å²) < 4.78 is 16.4. The van der Waals surface area contributed by atoms with Crippen LogP contribution >= 0.6 is 0 Å². The molecule has 7 heteroatoms. The summed E-state index contributed by atoms with van der Waals surface area (Å²) in [6.07, 6.45) is 2.42. The highest BCUT2D eigenvalue weighted by Gasteiger charge is 2.32. The van der Waals surface area contributed by atoms with Gasteiger partial charge in [0.2, 0.25) is 0 Å². The molecule has 7 nitrogen and oxygen atoms in total. The summed E-state index contributed by atoms with van der Waals surface area (Å²) in [5.41, 5.74) is 1.46. The maximum Gasteiger partial charge on any atom is 0.338 e. The Labute approximate surface area is 165 Å². The minimum absolute atomic E-state index is 0.0855. The number of amides is 2. The molecule has 152 valence electrons. The van der Waals surface area contributed by atoms with Crippen LogP contribution in [0.5, 0.6) is 11.5 Å². The number of hydrogen-bond donors (Lipinski definition) is 2. The van der Waals surface area contributed by atoms with Crippen LogP contribution < -0.4 is 20.1 Å². The van der Waals surface area contributed by atoms with E-state index in [1.54, 1.807) is 32.2 Å². The smallest absolute Gasteiger partial charge is 0.338 e. The van der Waals surface area contributed by atoms with Crippen LogP contribution in [0, 0.1) is 5.92 Å². The molecule has 2 N–H and O–H groups in total. The summed E-state index contributed by atoms with van der Waals surface area (Å²) in [5.74, 6) is 1.16. The average molecular weight is 388 g/mol. The number of carbonyl (C=O) groups is 2. The van der Waals surface area contributed by atoms with Crippen molar-refractivity contribution in [1.82, 2.24) is 10.6 Å². The third-order valence-corrected chi connectivity index (χ3v) is 4.30. The van der Waals surface area contributed by atoms with Crippen LogP contribution in [0.3, 0.4) is 0 Å². The van der Waals surface area contributed by atoms with Crippen LogP contribution in [0.15, 0.2) is 42.1 Å². The molecule has 1 aliphatic heterocycles. The van der Waals surface area contributed by atoms with E-state index in [9.17, 15) is 9.59 Å². The summed E-state index contributed by atoms with van der Waals surface area (Å²) in [4.78, 5) is 24.5. The van der Waals surface area contributed by atoms with E-state index in [2.05, 4.69) is 31.1 Å². The van der Waals surface area contributed by atoms with Gasteiger partial charge >= 0.3 is 12.0 Å². The molecule has 1 aromatic carbocycles. The van der Waals surface area contributed by atoms with Gasteiger partial charge in [-0.2, -0.15) is 0 Å². The number of allylic oxidation sites excluding steroid dienone is 1. The van der Waals surface area contributed by atoms with Crippen LogP contribution in [0.4, 0.5) is 4.79 Å². The van der Waals surface area contributed by atoms with E-state index in [0.29, 0.717) is 40.9 Å². The number of carbonyl (C=O) groups excluding carboxylic acids is 2. The van der Waals surface area contributed by atoms with Crippen molar-refractivity contribution in [1.29, 1.82) is 0 Å². The van der Waals surface area contributed by atoms with Crippen molar-refractivity contribution in [2.45, 2.75) is 33.2 Å². The molecule has 1 heterocycles. The predicted octanol–water partition coefficient (Wildman–Crippen LogP) is 3.48. The van der Waals surface area contributed by atoms with E-state index < -0.39 is 12.0 Å². The Morgan fingerprint density at radius 1 is 1.32 bits per heavy atom. The zero-order valence-corrected chi connectivity index (χ0v) is 16.8. The molecule has 0 bridgehead atoms. The van der Waals surface area contributed by atoms with Crippen molar-refractivity contribution < 1.29 is 23.8 Å². The normalized spacial score (nSPS) is 16.3. The number of methoxy groups -OCH3 is 1. The van der Waals surface area contributed by atoms with E-state index >= 15 is 0 Å². The molecule has 0 saturated heterocycles. The van der Waals surface area contributed by atoms with Crippen LogP contribution in [-0.4, -0.2) is 32.3 Å². The van der Waals surface area contributed by atoms with Gasteiger partial charge in [-0.25, -0.2) is 9.59 Å². The highest BCUT2D eigenvalue weighted by molar-refractivity contribution is 5.95. The van der Waals surface area contributed by atoms with Gasteiger partial charge in [0, 0.05) is 5.70 Å². The van der Waals surface area contributed by atoms with Crippen LogP contribution in [0.2, 0.25) is 0 Å². The summed E-state index contributed by atoms with van der Waals surface area (Å²) in [5, 5.41) is 5.38. The monoisotopic (exact) mass is 388 g/mol. The molecular weight excluding hydrogens is 360 g/mol. The Balaban J connectivity index is 2.32. The van der Waals surface area contributed by atoms with E-state index in [-0.39, 0.29) is 12.6 Å². The molecule has 1 atom stereocenters. The van der Waals surface area contributed by atoms with Crippen LogP contribution in [0.1, 0.15) is 38.8 Å². The minimum Gasteiger partial charge on any atom is -0.493 e. The lowest BCUT2D eigenvalue weighted by atomic mass is 9.95. The quantitative estimate of drug-likeness (QED) is 0.500. The second kappa shape index (κ2) is 9.82. The van der Waals surface area contributed by atoms with Crippen molar-refractivity contribution in [3.05, 3.63) is 47.7 Å². The lowest BCUT2D eigenvalue weighted by Crippen LogP contribution is -2.45. The summed E-state index contributed by atoms with van der Waals surface area (Å²) in [7, 11) is 1.55. The van der Waals surface area contributed by atoms with Gasteiger partial charge in [-0.1, -0.05) is 32.6 Å². The Kier molecular flexibility index (Phi) is 7.49. The summed E-state index contributed by atoms with van der Waals surface area (Å²) in [6.45, 7) is 10.1.